The molecule has 0 spiro atoms. The van der Waals surface area contributed by atoms with Gasteiger partial charge in [0.2, 0.25) is 5.95 Å². The number of aryl methyl sites for hydroxylation is 1. The molecule has 0 bridgehead atoms. The highest BCUT2D eigenvalue weighted by atomic mass is 79.9. The Hall–Kier alpha value is -1.81. The van der Waals surface area contributed by atoms with E-state index in [9.17, 15) is 0 Å². The van der Waals surface area contributed by atoms with Crippen LogP contribution < -0.4 is 5.73 Å². The summed E-state index contributed by atoms with van der Waals surface area (Å²) in [6.07, 6.45) is 0. The van der Waals surface area contributed by atoms with Gasteiger partial charge in [-0.05, 0) is 49.2 Å². The van der Waals surface area contributed by atoms with Crippen molar-refractivity contribution < 1.29 is 0 Å². The molecule has 1 aromatic heterocycles. The first-order chi connectivity index (χ1) is 9.56. The van der Waals surface area contributed by atoms with E-state index in [1.807, 2.05) is 18.2 Å². The lowest BCUT2D eigenvalue weighted by Crippen LogP contribution is -2.10. The first-order valence-electron chi connectivity index (χ1n) is 6.56. The lowest BCUT2D eigenvalue weighted by atomic mass is 10.1. The molecule has 3 nitrogen and oxygen atoms in total. The summed E-state index contributed by atoms with van der Waals surface area (Å²) in [7, 11) is 0. The second-order valence-electron chi connectivity index (χ2n) is 5.06. The third kappa shape index (κ3) is 2.20. The Morgan fingerprint density at radius 3 is 2.55 bits per heavy atom. The van der Waals surface area contributed by atoms with Crippen LogP contribution >= 0.6 is 15.9 Å². The first kappa shape index (κ1) is 13.2. The molecular weight excluding hydrogens is 314 g/mol. The van der Waals surface area contributed by atoms with E-state index < -0.39 is 0 Å². The van der Waals surface area contributed by atoms with Gasteiger partial charge >= 0.3 is 0 Å². The number of nitrogens with zero attached hydrogens (tertiary/aromatic N) is 2. The fourth-order valence-corrected chi connectivity index (χ4v) is 2.78. The van der Waals surface area contributed by atoms with E-state index in [4.69, 9.17) is 5.73 Å². The van der Waals surface area contributed by atoms with Crippen molar-refractivity contribution in [2.75, 3.05) is 5.73 Å². The van der Waals surface area contributed by atoms with Gasteiger partial charge in [-0.3, -0.25) is 0 Å². The highest BCUT2D eigenvalue weighted by Gasteiger charge is 2.15. The first-order valence-corrected chi connectivity index (χ1v) is 7.35. The van der Waals surface area contributed by atoms with Crippen molar-refractivity contribution in [1.82, 2.24) is 9.55 Å². The zero-order chi connectivity index (χ0) is 14.3. The van der Waals surface area contributed by atoms with E-state index in [2.05, 4.69) is 63.6 Å². The molecule has 3 aromatic rings. The van der Waals surface area contributed by atoms with Gasteiger partial charge in [0.15, 0.2) is 0 Å². The second kappa shape index (κ2) is 4.94. The summed E-state index contributed by atoms with van der Waals surface area (Å²) in [6.45, 7) is 4.22. The number of imidazole rings is 1. The van der Waals surface area contributed by atoms with Crippen molar-refractivity contribution in [3.05, 3.63) is 58.1 Å². The molecule has 20 heavy (non-hydrogen) atoms. The summed E-state index contributed by atoms with van der Waals surface area (Å²) < 4.78 is 3.17. The van der Waals surface area contributed by atoms with Gasteiger partial charge in [-0.15, -0.1) is 0 Å². The van der Waals surface area contributed by atoms with Gasteiger partial charge in [-0.25, -0.2) is 4.98 Å². The van der Waals surface area contributed by atoms with Gasteiger partial charge < -0.3 is 10.3 Å². The third-order valence-electron chi connectivity index (χ3n) is 3.61. The molecule has 102 valence electrons. The molecule has 2 aromatic carbocycles. The largest absolute Gasteiger partial charge is 0.369 e. The van der Waals surface area contributed by atoms with Gasteiger partial charge in [-0.1, -0.05) is 34.1 Å². The lowest BCUT2D eigenvalue weighted by molar-refractivity contribution is 0.667. The van der Waals surface area contributed by atoms with Gasteiger partial charge in [0, 0.05) is 4.47 Å². The molecule has 3 rings (SSSR count). The van der Waals surface area contributed by atoms with Crippen LogP contribution in [0.3, 0.4) is 0 Å². The standard InChI is InChI=1S/C16H16BrN3/c1-10-3-8-14-15(9-10)20(16(18)19-14)11(2)12-4-6-13(17)7-5-12/h3-9,11H,1-2H3,(H2,18,19). The van der Waals surface area contributed by atoms with Crippen molar-refractivity contribution in [1.29, 1.82) is 0 Å². The summed E-state index contributed by atoms with van der Waals surface area (Å²) >= 11 is 3.46. The highest BCUT2D eigenvalue weighted by Crippen LogP contribution is 2.28. The third-order valence-corrected chi connectivity index (χ3v) is 4.14. The van der Waals surface area contributed by atoms with E-state index in [1.54, 1.807) is 0 Å². The minimum Gasteiger partial charge on any atom is -0.369 e. The molecule has 1 unspecified atom stereocenters. The van der Waals surface area contributed by atoms with E-state index in [0.717, 1.165) is 15.5 Å². The molecule has 0 aliphatic carbocycles. The van der Waals surface area contributed by atoms with Crippen LogP contribution in [0.15, 0.2) is 46.9 Å². The average Bonchev–Trinajstić information content (AvgIpc) is 2.74. The Balaban J connectivity index is 2.15. The van der Waals surface area contributed by atoms with E-state index in [0.29, 0.717) is 5.95 Å². The normalized spacial score (nSPS) is 12.8. The zero-order valence-corrected chi connectivity index (χ0v) is 13.1. The summed E-state index contributed by atoms with van der Waals surface area (Å²) in [4.78, 5) is 4.45. The van der Waals surface area contributed by atoms with Crippen LogP contribution in [0.4, 0.5) is 5.95 Å². The number of halogens is 1. The molecule has 1 atom stereocenters. The summed E-state index contributed by atoms with van der Waals surface area (Å²) in [6, 6.07) is 14.7. The number of hydrogen-bond donors (Lipinski definition) is 1. The summed E-state index contributed by atoms with van der Waals surface area (Å²) in [5, 5.41) is 0. The Bertz CT molecular complexity index is 759. The Labute approximate surface area is 126 Å². The number of fused-ring (bicyclic) bond motifs is 1. The maximum Gasteiger partial charge on any atom is 0.201 e. The summed E-state index contributed by atoms with van der Waals surface area (Å²) in [5.41, 5.74) is 10.6. The molecule has 0 aliphatic rings. The van der Waals surface area contributed by atoms with Crippen molar-refractivity contribution in [3.8, 4) is 0 Å². The van der Waals surface area contributed by atoms with E-state index >= 15 is 0 Å². The summed E-state index contributed by atoms with van der Waals surface area (Å²) in [5.74, 6) is 0.556. The molecular formula is C16H16BrN3. The monoisotopic (exact) mass is 329 g/mol. The molecule has 0 saturated carbocycles. The van der Waals surface area contributed by atoms with Crippen LogP contribution in [0.1, 0.15) is 24.1 Å². The Morgan fingerprint density at radius 1 is 1.15 bits per heavy atom. The maximum absolute atomic E-state index is 6.11. The number of anilines is 1. The number of hydrogen-bond acceptors (Lipinski definition) is 2. The zero-order valence-electron chi connectivity index (χ0n) is 11.5. The molecule has 1 heterocycles. The van der Waals surface area contributed by atoms with E-state index in [-0.39, 0.29) is 6.04 Å². The Morgan fingerprint density at radius 2 is 1.85 bits per heavy atom. The minimum atomic E-state index is 0.148. The van der Waals surface area contributed by atoms with E-state index in [1.165, 1.54) is 11.1 Å². The second-order valence-corrected chi connectivity index (χ2v) is 5.98. The van der Waals surface area contributed by atoms with Crippen molar-refractivity contribution >= 4 is 32.9 Å². The Kier molecular flexibility index (Phi) is 3.26. The number of rotatable bonds is 2. The topological polar surface area (TPSA) is 43.8 Å². The SMILES string of the molecule is Cc1ccc2nc(N)n(C(C)c3ccc(Br)cc3)c2c1. The fraction of sp³-hybridized carbons (Fsp3) is 0.188. The average molecular weight is 330 g/mol. The molecule has 0 amide bonds. The number of benzene rings is 2. The fourth-order valence-electron chi connectivity index (χ4n) is 2.52. The molecule has 0 radical (unpaired) electrons. The van der Waals surface area contributed by atoms with Gasteiger partial charge in [0.25, 0.3) is 0 Å². The smallest absolute Gasteiger partial charge is 0.201 e. The van der Waals surface area contributed by atoms with Crippen LogP contribution in [0.25, 0.3) is 11.0 Å². The van der Waals surface area contributed by atoms with Crippen LogP contribution in [0, 0.1) is 6.92 Å². The van der Waals surface area contributed by atoms with Crippen LogP contribution in [-0.4, -0.2) is 9.55 Å². The van der Waals surface area contributed by atoms with Crippen LogP contribution in [0.5, 0.6) is 0 Å². The molecule has 0 aliphatic heterocycles. The van der Waals surface area contributed by atoms with Gasteiger partial charge in [-0.2, -0.15) is 0 Å². The predicted octanol–water partition coefficient (Wildman–Crippen LogP) is 4.30. The molecule has 0 saturated heterocycles. The van der Waals surface area contributed by atoms with Crippen LogP contribution in [0.2, 0.25) is 0 Å². The maximum atomic E-state index is 6.11. The van der Waals surface area contributed by atoms with Crippen molar-refractivity contribution in [3.63, 3.8) is 0 Å². The molecule has 2 N–H and O–H groups in total. The van der Waals surface area contributed by atoms with Crippen molar-refractivity contribution in [2.45, 2.75) is 19.9 Å². The lowest BCUT2D eigenvalue weighted by Gasteiger charge is -2.16. The molecule has 0 fully saturated rings. The number of nitrogens with two attached hydrogens (primary N) is 1. The van der Waals surface area contributed by atoms with Crippen LogP contribution in [-0.2, 0) is 0 Å². The quantitative estimate of drug-likeness (QED) is 0.761. The van der Waals surface area contributed by atoms with Gasteiger partial charge in [0.05, 0.1) is 17.1 Å². The number of nitrogen functional groups attached to an aromatic ring is 1. The predicted molar refractivity (Wildman–Crippen MR) is 86.8 cm³/mol. The highest BCUT2D eigenvalue weighted by molar-refractivity contribution is 9.10. The van der Waals surface area contributed by atoms with Gasteiger partial charge in [0.1, 0.15) is 0 Å². The minimum absolute atomic E-state index is 0.148. The molecule has 4 heteroatoms. The van der Waals surface area contributed by atoms with Crippen molar-refractivity contribution in [2.24, 2.45) is 0 Å². The number of aromatic nitrogens is 2.